The van der Waals surface area contributed by atoms with E-state index in [-0.39, 0.29) is 6.04 Å². The summed E-state index contributed by atoms with van der Waals surface area (Å²) < 4.78 is 0. The maximum Gasteiger partial charge on any atom is 0.0992 e. The van der Waals surface area contributed by atoms with Gasteiger partial charge in [0.15, 0.2) is 0 Å². The molecule has 0 radical (unpaired) electrons. The zero-order valence-corrected chi connectivity index (χ0v) is 22.4. The molecule has 35 heavy (non-hydrogen) atoms. The number of hydrogen-bond donors (Lipinski definition) is 1. The van der Waals surface area contributed by atoms with Crippen LogP contribution < -0.4 is 4.90 Å². The van der Waals surface area contributed by atoms with Gasteiger partial charge in [0.2, 0.25) is 0 Å². The van der Waals surface area contributed by atoms with Gasteiger partial charge in [-0.3, -0.25) is 4.90 Å². The Hall–Kier alpha value is -1.81. The van der Waals surface area contributed by atoms with E-state index < -0.39 is 5.60 Å². The molecule has 7 heteroatoms. The number of anilines is 1. The third kappa shape index (κ3) is 6.13. The van der Waals surface area contributed by atoms with Crippen molar-refractivity contribution in [3.05, 3.63) is 63.6 Å². The fraction of sp³-hybridized carbons (Fsp3) is 0.536. The Labute approximate surface area is 219 Å². The molecule has 2 aliphatic rings. The number of piperazine rings is 1. The monoisotopic (exact) mass is 514 g/mol. The molecule has 1 N–H and O–H groups in total. The molecular formula is C28H36Cl2N4O. The molecule has 2 aromatic rings. The molecule has 5 nitrogen and oxygen atoms in total. The van der Waals surface area contributed by atoms with Crippen LogP contribution in [-0.4, -0.2) is 65.8 Å². The zero-order valence-electron chi connectivity index (χ0n) is 20.9. The second kappa shape index (κ2) is 11.1. The molecule has 2 fully saturated rings. The van der Waals surface area contributed by atoms with E-state index in [1.165, 1.54) is 0 Å². The van der Waals surface area contributed by atoms with Crippen molar-refractivity contribution in [2.24, 2.45) is 5.92 Å². The van der Waals surface area contributed by atoms with Gasteiger partial charge >= 0.3 is 0 Å². The molecule has 188 valence electrons. The van der Waals surface area contributed by atoms with Gasteiger partial charge in [-0.15, -0.1) is 0 Å². The van der Waals surface area contributed by atoms with E-state index in [4.69, 9.17) is 23.2 Å². The predicted molar refractivity (Wildman–Crippen MR) is 144 cm³/mol. The first-order chi connectivity index (χ1) is 16.7. The highest BCUT2D eigenvalue weighted by molar-refractivity contribution is 6.33. The minimum absolute atomic E-state index is 0.0602. The summed E-state index contributed by atoms with van der Waals surface area (Å²) in [6, 6.07) is 16.3. The van der Waals surface area contributed by atoms with Crippen LogP contribution in [0.3, 0.4) is 0 Å². The van der Waals surface area contributed by atoms with Crippen molar-refractivity contribution in [2.45, 2.75) is 51.3 Å². The quantitative estimate of drug-likeness (QED) is 0.543. The average molecular weight is 516 g/mol. The molecular weight excluding hydrogens is 479 g/mol. The SMILES string of the molecule is CC(C)N1CCC([C@](C)(O)CN2CCN(c3ccc(C#N)cc3Cl)C(c3ccc(Cl)cc3)C2)CC1. The van der Waals surface area contributed by atoms with Crippen LogP contribution in [0.1, 0.15) is 50.8 Å². The molecule has 0 aliphatic carbocycles. The molecule has 2 aromatic carbocycles. The summed E-state index contributed by atoms with van der Waals surface area (Å²) in [6.07, 6.45) is 2.07. The molecule has 1 unspecified atom stereocenters. The first-order valence-corrected chi connectivity index (χ1v) is 13.3. The van der Waals surface area contributed by atoms with Gasteiger partial charge in [-0.05, 0) is 88.5 Å². The minimum Gasteiger partial charge on any atom is -0.389 e. The molecule has 0 spiro atoms. The van der Waals surface area contributed by atoms with Crippen LogP contribution in [0, 0.1) is 17.2 Å². The number of halogens is 2. The summed E-state index contributed by atoms with van der Waals surface area (Å²) in [5, 5.41) is 22.1. The lowest BCUT2D eigenvalue weighted by molar-refractivity contribution is -0.0564. The second-order valence-electron chi connectivity index (χ2n) is 10.5. The molecule has 2 heterocycles. The lowest BCUT2D eigenvalue weighted by Gasteiger charge is -2.47. The highest BCUT2D eigenvalue weighted by Gasteiger charge is 2.39. The molecule has 2 atom stereocenters. The van der Waals surface area contributed by atoms with Crippen LogP contribution in [-0.2, 0) is 0 Å². The van der Waals surface area contributed by atoms with Gasteiger partial charge in [-0.1, -0.05) is 35.3 Å². The van der Waals surface area contributed by atoms with Gasteiger partial charge in [0, 0.05) is 37.2 Å². The highest BCUT2D eigenvalue weighted by atomic mass is 35.5. The second-order valence-corrected chi connectivity index (χ2v) is 11.4. The summed E-state index contributed by atoms with van der Waals surface area (Å²) in [6.45, 7) is 11.7. The molecule has 0 aromatic heterocycles. The Balaban J connectivity index is 1.52. The predicted octanol–water partition coefficient (Wildman–Crippen LogP) is 5.60. The summed E-state index contributed by atoms with van der Waals surface area (Å²) in [5.41, 5.74) is 1.91. The molecule has 0 saturated carbocycles. The van der Waals surface area contributed by atoms with Crippen molar-refractivity contribution in [1.82, 2.24) is 9.80 Å². The largest absolute Gasteiger partial charge is 0.389 e. The number of rotatable bonds is 6. The van der Waals surface area contributed by atoms with E-state index >= 15 is 0 Å². The summed E-state index contributed by atoms with van der Waals surface area (Å²) >= 11 is 12.8. The number of nitriles is 1. The number of hydrogen-bond acceptors (Lipinski definition) is 5. The maximum absolute atomic E-state index is 11.6. The van der Waals surface area contributed by atoms with Gasteiger partial charge in [0.1, 0.15) is 0 Å². The zero-order chi connectivity index (χ0) is 25.2. The number of aliphatic hydroxyl groups is 1. The first kappa shape index (κ1) is 26.3. The fourth-order valence-corrected chi connectivity index (χ4v) is 6.09. The van der Waals surface area contributed by atoms with Gasteiger partial charge in [0.25, 0.3) is 0 Å². The van der Waals surface area contributed by atoms with Crippen LogP contribution in [0.25, 0.3) is 0 Å². The number of benzene rings is 2. The van der Waals surface area contributed by atoms with Crippen molar-refractivity contribution in [2.75, 3.05) is 44.2 Å². The van der Waals surface area contributed by atoms with Crippen LogP contribution in [0.5, 0.6) is 0 Å². The Morgan fingerprint density at radius 1 is 1.06 bits per heavy atom. The third-order valence-corrected chi connectivity index (χ3v) is 8.34. The average Bonchev–Trinajstić information content (AvgIpc) is 2.84. The first-order valence-electron chi connectivity index (χ1n) is 12.6. The Morgan fingerprint density at radius 2 is 1.74 bits per heavy atom. The van der Waals surface area contributed by atoms with E-state index in [0.717, 1.165) is 56.8 Å². The van der Waals surface area contributed by atoms with Crippen molar-refractivity contribution in [1.29, 1.82) is 5.26 Å². The minimum atomic E-state index is -0.734. The van der Waals surface area contributed by atoms with Crippen LogP contribution in [0.4, 0.5) is 5.69 Å². The number of nitrogens with zero attached hydrogens (tertiary/aromatic N) is 4. The fourth-order valence-electron chi connectivity index (χ4n) is 5.67. The Morgan fingerprint density at radius 3 is 2.34 bits per heavy atom. The van der Waals surface area contributed by atoms with Crippen LogP contribution in [0.2, 0.25) is 10.0 Å². The summed E-state index contributed by atoms with van der Waals surface area (Å²) in [5.74, 6) is 0.303. The topological polar surface area (TPSA) is 53.7 Å². The van der Waals surface area contributed by atoms with Crippen molar-refractivity contribution < 1.29 is 5.11 Å². The van der Waals surface area contributed by atoms with Crippen LogP contribution in [0.15, 0.2) is 42.5 Å². The number of β-amino-alcohol motifs (C(OH)–C–C–N with tert-alkyl or cyclic N) is 1. The van der Waals surface area contributed by atoms with Crippen LogP contribution >= 0.6 is 23.2 Å². The van der Waals surface area contributed by atoms with Crippen molar-refractivity contribution in [3.8, 4) is 6.07 Å². The number of piperidine rings is 1. The van der Waals surface area contributed by atoms with E-state index in [2.05, 4.69) is 46.7 Å². The normalized spacial score (nSPS) is 22.2. The van der Waals surface area contributed by atoms with Gasteiger partial charge < -0.3 is 14.9 Å². The molecule has 2 saturated heterocycles. The lowest BCUT2D eigenvalue weighted by atomic mass is 9.80. The Bertz CT molecular complexity index is 1040. The summed E-state index contributed by atoms with van der Waals surface area (Å²) in [7, 11) is 0. The Kier molecular flexibility index (Phi) is 8.30. The van der Waals surface area contributed by atoms with E-state index in [0.29, 0.717) is 34.1 Å². The van der Waals surface area contributed by atoms with Gasteiger partial charge in [-0.25, -0.2) is 0 Å². The van der Waals surface area contributed by atoms with E-state index in [1.54, 1.807) is 6.07 Å². The number of likely N-dealkylation sites (tertiary alicyclic amines) is 1. The highest BCUT2D eigenvalue weighted by Crippen LogP contribution is 2.37. The molecule has 0 amide bonds. The summed E-state index contributed by atoms with van der Waals surface area (Å²) in [4.78, 5) is 7.21. The van der Waals surface area contributed by atoms with Crippen molar-refractivity contribution in [3.63, 3.8) is 0 Å². The van der Waals surface area contributed by atoms with Gasteiger partial charge in [-0.2, -0.15) is 5.26 Å². The lowest BCUT2D eigenvalue weighted by Crippen LogP contribution is -2.55. The van der Waals surface area contributed by atoms with Crippen molar-refractivity contribution >= 4 is 28.9 Å². The standard InChI is InChI=1S/C28H36Cl2N4O/c1-20(2)33-12-10-23(11-13-33)28(3,35)19-32-14-15-34(26-9-4-21(17-31)16-25(26)30)27(18-32)22-5-7-24(29)8-6-22/h4-9,16,20,23,27,35H,10-15,18-19H2,1-3H3/t27?,28-/m1/s1. The third-order valence-electron chi connectivity index (χ3n) is 7.79. The van der Waals surface area contributed by atoms with E-state index in [9.17, 15) is 10.4 Å². The smallest absolute Gasteiger partial charge is 0.0992 e. The molecule has 0 bridgehead atoms. The molecule has 4 rings (SSSR count). The van der Waals surface area contributed by atoms with E-state index in [1.807, 2.05) is 31.2 Å². The van der Waals surface area contributed by atoms with Gasteiger partial charge in [0.05, 0.1) is 34.0 Å². The maximum atomic E-state index is 11.6. The molecule has 2 aliphatic heterocycles.